The Morgan fingerprint density at radius 1 is 1.80 bits per heavy atom. The minimum absolute atomic E-state index is 0.263. The molecular weight excluding hydrogens is 148 g/mol. The molecule has 0 amide bonds. The van der Waals surface area contributed by atoms with Gasteiger partial charge in [-0.2, -0.15) is 0 Å². The Labute approximate surface area is 67.4 Å². The van der Waals surface area contributed by atoms with Crippen LogP contribution >= 0.6 is 11.6 Å². The number of aliphatic hydroxyl groups is 1. The SMILES string of the molecule is CCC1C[C@@]1(O)[C@@H](C)CCl. The van der Waals surface area contributed by atoms with Gasteiger partial charge in [-0.05, 0) is 18.3 Å². The van der Waals surface area contributed by atoms with Gasteiger partial charge in [0.1, 0.15) is 0 Å². The van der Waals surface area contributed by atoms with E-state index >= 15 is 0 Å². The molecule has 1 fully saturated rings. The first-order valence-electron chi connectivity index (χ1n) is 3.93. The van der Waals surface area contributed by atoms with Gasteiger partial charge < -0.3 is 5.11 Å². The second-order valence-corrected chi connectivity index (χ2v) is 3.66. The second kappa shape index (κ2) is 2.71. The third kappa shape index (κ3) is 1.17. The van der Waals surface area contributed by atoms with E-state index in [4.69, 9.17) is 11.6 Å². The average Bonchev–Trinajstić information content (AvgIpc) is 2.61. The number of rotatable bonds is 3. The zero-order chi connectivity index (χ0) is 7.78. The van der Waals surface area contributed by atoms with E-state index in [1.165, 1.54) is 0 Å². The lowest BCUT2D eigenvalue weighted by Gasteiger charge is -2.15. The molecular formula is C8H15ClO. The zero-order valence-corrected chi connectivity index (χ0v) is 7.36. The molecule has 1 rings (SSSR count). The maximum absolute atomic E-state index is 9.77. The summed E-state index contributed by atoms with van der Waals surface area (Å²) in [6, 6.07) is 0. The van der Waals surface area contributed by atoms with Crippen LogP contribution in [-0.4, -0.2) is 16.6 Å². The lowest BCUT2D eigenvalue weighted by Crippen LogP contribution is -2.23. The highest BCUT2D eigenvalue weighted by Gasteiger charge is 2.54. The van der Waals surface area contributed by atoms with Crippen LogP contribution in [0, 0.1) is 11.8 Å². The zero-order valence-electron chi connectivity index (χ0n) is 6.60. The van der Waals surface area contributed by atoms with E-state index in [0.29, 0.717) is 11.8 Å². The Morgan fingerprint density at radius 3 is 2.70 bits per heavy atom. The predicted molar refractivity (Wildman–Crippen MR) is 43.2 cm³/mol. The summed E-state index contributed by atoms with van der Waals surface area (Å²) in [5.74, 6) is 1.35. The average molecular weight is 163 g/mol. The molecule has 60 valence electrons. The first kappa shape index (κ1) is 8.35. The van der Waals surface area contributed by atoms with Gasteiger partial charge in [-0.25, -0.2) is 0 Å². The summed E-state index contributed by atoms with van der Waals surface area (Å²) in [4.78, 5) is 0. The molecule has 1 aliphatic carbocycles. The molecule has 0 radical (unpaired) electrons. The Kier molecular flexibility index (Phi) is 2.26. The number of hydrogen-bond donors (Lipinski definition) is 1. The van der Waals surface area contributed by atoms with Crippen LogP contribution < -0.4 is 0 Å². The monoisotopic (exact) mass is 162 g/mol. The van der Waals surface area contributed by atoms with Crippen molar-refractivity contribution >= 4 is 11.6 Å². The van der Waals surface area contributed by atoms with Gasteiger partial charge >= 0.3 is 0 Å². The van der Waals surface area contributed by atoms with Crippen LogP contribution in [-0.2, 0) is 0 Å². The van der Waals surface area contributed by atoms with Crippen LogP contribution in [0.4, 0.5) is 0 Å². The summed E-state index contributed by atoms with van der Waals surface area (Å²) >= 11 is 5.64. The highest BCUT2D eigenvalue weighted by molar-refractivity contribution is 6.18. The van der Waals surface area contributed by atoms with Gasteiger partial charge in [0.2, 0.25) is 0 Å². The predicted octanol–water partition coefficient (Wildman–Crippen LogP) is 2.02. The standard InChI is InChI=1S/C8H15ClO/c1-3-7-4-8(7,10)6(2)5-9/h6-7,10H,3-5H2,1-2H3/t6-,7?,8+/m0/s1. The van der Waals surface area contributed by atoms with Gasteiger partial charge in [-0.1, -0.05) is 20.3 Å². The molecule has 0 aliphatic heterocycles. The summed E-state index contributed by atoms with van der Waals surface area (Å²) in [6.07, 6.45) is 2.04. The molecule has 0 aromatic rings. The molecule has 2 heteroatoms. The van der Waals surface area contributed by atoms with Gasteiger partial charge in [0.15, 0.2) is 0 Å². The van der Waals surface area contributed by atoms with Crippen molar-refractivity contribution in [3.8, 4) is 0 Å². The summed E-state index contributed by atoms with van der Waals surface area (Å²) < 4.78 is 0. The molecule has 1 aliphatic rings. The third-order valence-electron chi connectivity index (χ3n) is 2.70. The van der Waals surface area contributed by atoms with Crippen LogP contribution in [0.25, 0.3) is 0 Å². The van der Waals surface area contributed by atoms with E-state index < -0.39 is 5.60 Å². The van der Waals surface area contributed by atoms with Crippen molar-refractivity contribution in [1.29, 1.82) is 0 Å². The Bertz CT molecular complexity index is 126. The Hall–Kier alpha value is 0.250. The van der Waals surface area contributed by atoms with Crippen molar-refractivity contribution in [1.82, 2.24) is 0 Å². The Morgan fingerprint density at radius 2 is 2.40 bits per heavy atom. The van der Waals surface area contributed by atoms with E-state index in [1.54, 1.807) is 0 Å². The van der Waals surface area contributed by atoms with Crippen LogP contribution in [0.15, 0.2) is 0 Å². The van der Waals surface area contributed by atoms with Crippen LogP contribution in [0.1, 0.15) is 26.7 Å². The highest BCUT2D eigenvalue weighted by Crippen LogP contribution is 2.50. The molecule has 1 unspecified atom stereocenters. The van der Waals surface area contributed by atoms with Crippen molar-refractivity contribution < 1.29 is 5.11 Å². The maximum atomic E-state index is 9.77. The third-order valence-corrected chi connectivity index (χ3v) is 3.16. The first-order chi connectivity index (χ1) is 4.65. The fourth-order valence-electron chi connectivity index (χ4n) is 1.57. The summed E-state index contributed by atoms with van der Waals surface area (Å²) in [5, 5.41) is 9.77. The van der Waals surface area contributed by atoms with Crippen molar-refractivity contribution in [3.05, 3.63) is 0 Å². The largest absolute Gasteiger partial charge is 0.389 e. The highest BCUT2D eigenvalue weighted by atomic mass is 35.5. The van der Waals surface area contributed by atoms with E-state index in [1.807, 2.05) is 6.92 Å². The van der Waals surface area contributed by atoms with Crippen molar-refractivity contribution in [2.45, 2.75) is 32.3 Å². The molecule has 1 saturated carbocycles. The van der Waals surface area contributed by atoms with Gasteiger partial charge in [-0.3, -0.25) is 0 Å². The molecule has 0 bridgehead atoms. The lowest BCUT2D eigenvalue weighted by molar-refractivity contribution is 0.0825. The van der Waals surface area contributed by atoms with Gasteiger partial charge in [-0.15, -0.1) is 11.6 Å². The molecule has 1 nitrogen and oxygen atoms in total. The molecule has 0 aromatic carbocycles. The minimum Gasteiger partial charge on any atom is -0.389 e. The fourth-order valence-corrected chi connectivity index (χ4v) is 1.84. The maximum Gasteiger partial charge on any atom is 0.0717 e. The van der Waals surface area contributed by atoms with E-state index in [-0.39, 0.29) is 5.92 Å². The van der Waals surface area contributed by atoms with Gasteiger partial charge in [0, 0.05) is 5.88 Å². The summed E-state index contributed by atoms with van der Waals surface area (Å²) in [7, 11) is 0. The quantitative estimate of drug-likeness (QED) is 0.630. The van der Waals surface area contributed by atoms with E-state index in [0.717, 1.165) is 12.8 Å². The topological polar surface area (TPSA) is 20.2 Å². The van der Waals surface area contributed by atoms with Crippen LogP contribution in [0.5, 0.6) is 0 Å². The molecule has 0 spiro atoms. The molecule has 0 saturated heterocycles. The summed E-state index contributed by atoms with van der Waals surface area (Å²) in [5.41, 5.74) is -0.406. The van der Waals surface area contributed by atoms with Gasteiger partial charge in [0.25, 0.3) is 0 Å². The summed E-state index contributed by atoms with van der Waals surface area (Å²) in [6.45, 7) is 4.13. The van der Waals surface area contributed by atoms with E-state index in [2.05, 4.69) is 6.92 Å². The second-order valence-electron chi connectivity index (χ2n) is 3.36. The number of alkyl halides is 1. The molecule has 0 heterocycles. The van der Waals surface area contributed by atoms with Gasteiger partial charge in [0.05, 0.1) is 5.60 Å². The number of halogens is 1. The van der Waals surface area contributed by atoms with Crippen LogP contribution in [0.3, 0.4) is 0 Å². The van der Waals surface area contributed by atoms with Crippen molar-refractivity contribution in [2.75, 3.05) is 5.88 Å². The van der Waals surface area contributed by atoms with Crippen molar-refractivity contribution in [2.24, 2.45) is 11.8 Å². The normalized spacial score (nSPS) is 41.4. The van der Waals surface area contributed by atoms with Crippen LogP contribution in [0.2, 0.25) is 0 Å². The first-order valence-corrected chi connectivity index (χ1v) is 4.47. The molecule has 10 heavy (non-hydrogen) atoms. The lowest BCUT2D eigenvalue weighted by atomic mass is 10.0. The molecule has 1 N–H and O–H groups in total. The smallest absolute Gasteiger partial charge is 0.0717 e. The Balaban J connectivity index is 2.42. The minimum atomic E-state index is -0.406. The van der Waals surface area contributed by atoms with E-state index in [9.17, 15) is 5.11 Å². The van der Waals surface area contributed by atoms with Crippen molar-refractivity contribution in [3.63, 3.8) is 0 Å². The molecule has 0 aromatic heterocycles. The fraction of sp³-hybridized carbons (Fsp3) is 1.00. The number of hydrogen-bond acceptors (Lipinski definition) is 1. The molecule has 3 atom stereocenters.